The molecule has 0 saturated heterocycles. The summed E-state index contributed by atoms with van der Waals surface area (Å²) in [4.78, 5) is 0. The molecule has 0 saturated carbocycles. The van der Waals surface area contributed by atoms with Gasteiger partial charge in [0.05, 0.1) is 11.4 Å². The Morgan fingerprint density at radius 3 is 2.83 bits per heavy atom. The molecule has 0 spiro atoms. The van der Waals surface area contributed by atoms with E-state index in [9.17, 15) is 8.42 Å². The Bertz CT molecular complexity index is 315. The zero-order valence-corrected chi connectivity index (χ0v) is 8.41. The third kappa shape index (κ3) is 2.83. The van der Waals surface area contributed by atoms with Gasteiger partial charge in [-0.1, -0.05) is 6.92 Å². The van der Waals surface area contributed by atoms with E-state index in [0.29, 0.717) is 12.1 Å². The monoisotopic (exact) mass is 205 g/mol. The van der Waals surface area contributed by atoms with Crippen LogP contribution in [0.5, 0.6) is 0 Å². The Labute approximate surface area is 76.5 Å². The van der Waals surface area contributed by atoms with Crippen molar-refractivity contribution in [3.05, 3.63) is 16.8 Å². The summed E-state index contributed by atoms with van der Waals surface area (Å²) in [6.45, 7) is 1.84. The van der Waals surface area contributed by atoms with Crippen molar-refractivity contribution in [3.63, 3.8) is 0 Å². The van der Waals surface area contributed by atoms with Gasteiger partial charge in [0.15, 0.2) is 0 Å². The average Bonchev–Trinajstić information content (AvgIpc) is 2.38. The predicted molar refractivity (Wildman–Crippen MR) is 52.0 cm³/mol. The van der Waals surface area contributed by atoms with Crippen molar-refractivity contribution in [1.29, 1.82) is 0 Å². The van der Waals surface area contributed by atoms with E-state index in [1.807, 2.05) is 12.3 Å². The fraction of sp³-hybridized carbons (Fsp3) is 0.429. The number of thiophene rings is 1. The summed E-state index contributed by atoms with van der Waals surface area (Å²) in [7, 11) is -3.10. The lowest BCUT2D eigenvalue weighted by molar-refractivity contribution is 0.600. The number of anilines is 1. The lowest BCUT2D eigenvalue weighted by Crippen LogP contribution is -2.15. The highest BCUT2D eigenvalue weighted by atomic mass is 32.2. The van der Waals surface area contributed by atoms with E-state index in [0.717, 1.165) is 0 Å². The van der Waals surface area contributed by atoms with E-state index in [4.69, 9.17) is 0 Å². The summed E-state index contributed by atoms with van der Waals surface area (Å²) < 4.78 is 24.9. The quantitative estimate of drug-likeness (QED) is 0.816. The maximum absolute atomic E-state index is 11.2. The Morgan fingerprint density at radius 2 is 2.33 bits per heavy atom. The standard InChI is InChI=1S/C7H11NO2S2/c1-2-5-12(9,10)8-7-3-4-11-6-7/h3-4,6,8H,2,5H2,1H3. The number of rotatable bonds is 4. The third-order valence-electron chi connectivity index (χ3n) is 1.27. The first kappa shape index (κ1) is 9.54. The largest absolute Gasteiger partial charge is 0.283 e. The van der Waals surface area contributed by atoms with Gasteiger partial charge in [-0.25, -0.2) is 8.42 Å². The predicted octanol–water partition coefficient (Wildman–Crippen LogP) is 1.90. The molecular formula is C7H11NO2S2. The zero-order valence-electron chi connectivity index (χ0n) is 6.78. The minimum atomic E-state index is -3.10. The van der Waals surface area contributed by atoms with Crippen molar-refractivity contribution in [2.24, 2.45) is 0 Å². The van der Waals surface area contributed by atoms with Crippen LogP contribution in [0.25, 0.3) is 0 Å². The topological polar surface area (TPSA) is 46.2 Å². The first-order valence-corrected chi connectivity index (χ1v) is 6.26. The van der Waals surface area contributed by atoms with E-state index < -0.39 is 10.0 Å². The van der Waals surface area contributed by atoms with Gasteiger partial charge in [0, 0.05) is 5.38 Å². The molecule has 1 aromatic heterocycles. The third-order valence-corrected chi connectivity index (χ3v) is 3.44. The Morgan fingerprint density at radius 1 is 1.58 bits per heavy atom. The Hall–Kier alpha value is -0.550. The molecule has 12 heavy (non-hydrogen) atoms. The zero-order chi connectivity index (χ0) is 9.03. The van der Waals surface area contributed by atoms with Gasteiger partial charge >= 0.3 is 0 Å². The molecule has 0 amide bonds. The molecule has 3 nitrogen and oxygen atoms in total. The highest BCUT2D eigenvalue weighted by Gasteiger charge is 2.07. The van der Waals surface area contributed by atoms with Crippen LogP contribution in [0.3, 0.4) is 0 Å². The van der Waals surface area contributed by atoms with Crippen LogP contribution >= 0.6 is 11.3 Å². The first-order chi connectivity index (χ1) is 5.64. The fourth-order valence-electron chi connectivity index (χ4n) is 0.822. The molecular weight excluding hydrogens is 194 g/mol. The number of nitrogens with one attached hydrogen (secondary N) is 1. The lowest BCUT2D eigenvalue weighted by atomic mass is 10.6. The van der Waals surface area contributed by atoms with E-state index in [-0.39, 0.29) is 5.75 Å². The summed E-state index contributed by atoms with van der Waals surface area (Å²) >= 11 is 1.47. The molecule has 0 fully saturated rings. The van der Waals surface area contributed by atoms with Gasteiger partial charge in [0.25, 0.3) is 0 Å². The van der Waals surface area contributed by atoms with Crippen molar-refractivity contribution in [1.82, 2.24) is 0 Å². The summed E-state index contributed by atoms with van der Waals surface area (Å²) in [5.74, 6) is 0.183. The van der Waals surface area contributed by atoms with E-state index >= 15 is 0 Å². The smallest absolute Gasteiger partial charge is 0.232 e. The van der Waals surface area contributed by atoms with Gasteiger partial charge < -0.3 is 0 Å². The van der Waals surface area contributed by atoms with Crippen LogP contribution in [-0.4, -0.2) is 14.2 Å². The highest BCUT2D eigenvalue weighted by molar-refractivity contribution is 7.92. The fourth-order valence-corrected chi connectivity index (χ4v) is 2.61. The Balaban J connectivity index is 2.63. The molecule has 1 N–H and O–H groups in total. The SMILES string of the molecule is CCCS(=O)(=O)Nc1ccsc1. The van der Waals surface area contributed by atoms with Crippen LogP contribution in [0.2, 0.25) is 0 Å². The van der Waals surface area contributed by atoms with Crippen molar-refractivity contribution in [2.75, 3.05) is 10.5 Å². The van der Waals surface area contributed by atoms with Crippen molar-refractivity contribution in [3.8, 4) is 0 Å². The van der Waals surface area contributed by atoms with Gasteiger partial charge in [-0.3, -0.25) is 4.72 Å². The van der Waals surface area contributed by atoms with Crippen LogP contribution in [0.15, 0.2) is 16.8 Å². The minimum absolute atomic E-state index is 0.183. The summed E-state index contributed by atoms with van der Waals surface area (Å²) in [6.07, 6.45) is 0.638. The van der Waals surface area contributed by atoms with Crippen LogP contribution in [0, 0.1) is 0 Å². The maximum atomic E-state index is 11.2. The molecule has 0 radical (unpaired) electrons. The van der Waals surface area contributed by atoms with E-state index in [1.165, 1.54) is 11.3 Å². The molecule has 1 aromatic rings. The molecule has 1 heterocycles. The van der Waals surface area contributed by atoms with Crippen LogP contribution < -0.4 is 4.72 Å². The van der Waals surface area contributed by atoms with Crippen molar-refractivity contribution >= 4 is 27.0 Å². The molecule has 0 aliphatic heterocycles. The average molecular weight is 205 g/mol. The maximum Gasteiger partial charge on any atom is 0.232 e. The number of sulfonamides is 1. The van der Waals surface area contributed by atoms with Gasteiger partial charge in [0.1, 0.15) is 0 Å². The van der Waals surface area contributed by atoms with Gasteiger partial charge in [-0.2, -0.15) is 11.3 Å². The second-order valence-corrected chi connectivity index (χ2v) is 5.05. The number of hydrogen-bond acceptors (Lipinski definition) is 3. The Kier molecular flexibility index (Phi) is 3.11. The minimum Gasteiger partial charge on any atom is -0.283 e. The van der Waals surface area contributed by atoms with Gasteiger partial charge in [-0.05, 0) is 17.9 Å². The molecule has 0 bridgehead atoms. The van der Waals surface area contributed by atoms with Crippen molar-refractivity contribution in [2.45, 2.75) is 13.3 Å². The molecule has 68 valence electrons. The van der Waals surface area contributed by atoms with Crippen LogP contribution in [-0.2, 0) is 10.0 Å². The molecule has 5 heteroatoms. The summed E-state index contributed by atoms with van der Waals surface area (Å²) in [5, 5.41) is 3.61. The molecule has 0 aromatic carbocycles. The second-order valence-electron chi connectivity index (χ2n) is 2.43. The number of hydrogen-bond donors (Lipinski definition) is 1. The highest BCUT2D eigenvalue weighted by Crippen LogP contribution is 2.13. The summed E-state index contributed by atoms with van der Waals surface area (Å²) in [6, 6.07) is 1.75. The molecule has 1 rings (SSSR count). The molecule has 0 aliphatic carbocycles. The first-order valence-electron chi connectivity index (χ1n) is 3.67. The summed E-state index contributed by atoms with van der Waals surface area (Å²) in [5.41, 5.74) is 0.661. The van der Waals surface area contributed by atoms with Gasteiger partial charge in [-0.15, -0.1) is 0 Å². The molecule has 0 unspecified atom stereocenters. The van der Waals surface area contributed by atoms with E-state index in [1.54, 1.807) is 11.4 Å². The van der Waals surface area contributed by atoms with Gasteiger partial charge in [0.2, 0.25) is 10.0 Å². The van der Waals surface area contributed by atoms with Crippen molar-refractivity contribution < 1.29 is 8.42 Å². The van der Waals surface area contributed by atoms with Crippen LogP contribution in [0.1, 0.15) is 13.3 Å². The molecule has 0 aliphatic rings. The molecule has 0 atom stereocenters. The normalized spacial score (nSPS) is 11.4. The van der Waals surface area contributed by atoms with E-state index in [2.05, 4.69) is 4.72 Å². The van der Waals surface area contributed by atoms with Crippen LogP contribution in [0.4, 0.5) is 5.69 Å². The lowest BCUT2D eigenvalue weighted by Gasteiger charge is -2.03. The second kappa shape index (κ2) is 3.91.